The van der Waals surface area contributed by atoms with Crippen LogP contribution in [0.25, 0.3) is 10.9 Å². The number of nitrogen functional groups attached to an aromatic ring is 1. The molecule has 4 N–H and O–H groups in total. The third-order valence-corrected chi connectivity index (χ3v) is 3.30. The highest BCUT2D eigenvalue weighted by atomic mass is 16.1. The van der Waals surface area contributed by atoms with Crippen molar-refractivity contribution in [2.75, 3.05) is 11.1 Å². The zero-order valence-electron chi connectivity index (χ0n) is 11.1. The fraction of sp³-hybridized carbons (Fsp3) is 0.0625. The van der Waals surface area contributed by atoms with Crippen LogP contribution in [0, 0.1) is 6.92 Å². The molecule has 0 aliphatic rings. The van der Waals surface area contributed by atoms with Gasteiger partial charge in [-0.2, -0.15) is 0 Å². The molecule has 0 fully saturated rings. The van der Waals surface area contributed by atoms with Crippen LogP contribution in [0.15, 0.2) is 48.7 Å². The minimum atomic E-state index is -0.162. The summed E-state index contributed by atoms with van der Waals surface area (Å²) in [6.07, 6.45) is 1.95. The highest BCUT2D eigenvalue weighted by Gasteiger charge is 2.07. The van der Waals surface area contributed by atoms with Gasteiger partial charge in [-0.15, -0.1) is 0 Å². The number of H-pyrrole nitrogens is 1. The smallest absolute Gasteiger partial charge is 0.255 e. The third-order valence-electron chi connectivity index (χ3n) is 3.30. The monoisotopic (exact) mass is 265 g/mol. The van der Waals surface area contributed by atoms with Crippen LogP contribution in [0.3, 0.4) is 0 Å². The summed E-state index contributed by atoms with van der Waals surface area (Å²) in [5.41, 5.74) is 9.80. The van der Waals surface area contributed by atoms with Gasteiger partial charge in [0.15, 0.2) is 0 Å². The minimum absolute atomic E-state index is 0.162. The first-order valence-electron chi connectivity index (χ1n) is 6.38. The molecule has 0 aliphatic heterocycles. The molecule has 1 amide bonds. The Morgan fingerprint density at radius 3 is 2.85 bits per heavy atom. The summed E-state index contributed by atoms with van der Waals surface area (Å²) in [6.45, 7) is 2.03. The summed E-state index contributed by atoms with van der Waals surface area (Å²) < 4.78 is 0. The molecule has 0 saturated carbocycles. The van der Waals surface area contributed by atoms with E-state index >= 15 is 0 Å². The Morgan fingerprint density at radius 1 is 1.20 bits per heavy atom. The molecular weight excluding hydrogens is 250 g/mol. The normalized spacial score (nSPS) is 10.7. The molecule has 0 saturated heterocycles. The van der Waals surface area contributed by atoms with Crippen molar-refractivity contribution in [3.05, 3.63) is 59.8 Å². The van der Waals surface area contributed by atoms with Crippen LogP contribution in [-0.2, 0) is 0 Å². The zero-order valence-corrected chi connectivity index (χ0v) is 11.1. The van der Waals surface area contributed by atoms with Crippen LogP contribution in [0.2, 0.25) is 0 Å². The van der Waals surface area contributed by atoms with E-state index in [9.17, 15) is 4.79 Å². The Balaban J connectivity index is 1.89. The van der Waals surface area contributed by atoms with Gasteiger partial charge in [0.05, 0.1) is 0 Å². The standard InChI is InChI=1S/C16H15N3O/c1-10-9-18-15-6-5-13(8-14(10)15)19-16(20)11-3-2-4-12(17)7-11/h2-9,18H,17H2,1H3,(H,19,20). The predicted octanol–water partition coefficient (Wildman–Crippen LogP) is 3.31. The molecule has 3 rings (SSSR count). The largest absolute Gasteiger partial charge is 0.399 e. The number of carbonyl (C=O) groups excluding carboxylic acids is 1. The number of aromatic nitrogens is 1. The van der Waals surface area contributed by atoms with Gasteiger partial charge in [0.2, 0.25) is 0 Å². The SMILES string of the molecule is Cc1c[nH]c2ccc(NC(=O)c3cccc(N)c3)cc12. The molecule has 0 atom stereocenters. The molecule has 0 spiro atoms. The molecule has 0 unspecified atom stereocenters. The summed E-state index contributed by atoms with van der Waals surface area (Å²) >= 11 is 0. The molecule has 2 aromatic carbocycles. The van der Waals surface area contributed by atoms with Crippen LogP contribution in [0.4, 0.5) is 11.4 Å². The van der Waals surface area contributed by atoms with Gasteiger partial charge in [0, 0.05) is 34.0 Å². The average Bonchev–Trinajstić information content (AvgIpc) is 2.80. The topological polar surface area (TPSA) is 70.9 Å². The third kappa shape index (κ3) is 2.23. The number of aryl methyl sites for hydroxylation is 1. The average molecular weight is 265 g/mol. The van der Waals surface area contributed by atoms with Crippen molar-refractivity contribution < 1.29 is 4.79 Å². The van der Waals surface area contributed by atoms with E-state index in [1.807, 2.05) is 31.3 Å². The summed E-state index contributed by atoms with van der Waals surface area (Å²) in [5.74, 6) is -0.162. The highest BCUT2D eigenvalue weighted by Crippen LogP contribution is 2.22. The predicted molar refractivity (Wildman–Crippen MR) is 81.8 cm³/mol. The number of anilines is 2. The summed E-state index contributed by atoms with van der Waals surface area (Å²) in [7, 11) is 0. The lowest BCUT2D eigenvalue weighted by Crippen LogP contribution is -2.12. The Morgan fingerprint density at radius 2 is 2.05 bits per heavy atom. The maximum atomic E-state index is 12.2. The number of carbonyl (C=O) groups is 1. The van der Waals surface area contributed by atoms with Crippen molar-refractivity contribution in [1.82, 2.24) is 4.98 Å². The van der Waals surface area contributed by atoms with Gasteiger partial charge >= 0.3 is 0 Å². The molecule has 0 bridgehead atoms. The van der Waals surface area contributed by atoms with Crippen LogP contribution in [0.1, 0.15) is 15.9 Å². The molecule has 0 aliphatic carbocycles. The second-order valence-corrected chi connectivity index (χ2v) is 4.81. The molecule has 20 heavy (non-hydrogen) atoms. The Bertz CT molecular complexity index is 789. The Hall–Kier alpha value is -2.75. The number of fused-ring (bicyclic) bond motifs is 1. The lowest BCUT2D eigenvalue weighted by Gasteiger charge is -2.06. The molecule has 3 aromatic rings. The van der Waals surface area contributed by atoms with Crippen LogP contribution >= 0.6 is 0 Å². The fourth-order valence-electron chi connectivity index (χ4n) is 2.22. The second kappa shape index (κ2) is 4.74. The molecule has 4 nitrogen and oxygen atoms in total. The van der Waals surface area contributed by atoms with Crippen LogP contribution < -0.4 is 11.1 Å². The zero-order chi connectivity index (χ0) is 14.1. The van der Waals surface area contributed by atoms with Gasteiger partial charge in [-0.25, -0.2) is 0 Å². The van der Waals surface area contributed by atoms with Gasteiger partial charge in [0.1, 0.15) is 0 Å². The number of aromatic amines is 1. The number of nitrogens with one attached hydrogen (secondary N) is 2. The summed E-state index contributed by atoms with van der Waals surface area (Å²) in [6, 6.07) is 12.7. The van der Waals surface area contributed by atoms with Crippen molar-refractivity contribution in [1.29, 1.82) is 0 Å². The number of rotatable bonds is 2. The number of nitrogens with two attached hydrogens (primary N) is 1. The molecule has 1 aromatic heterocycles. The first-order valence-corrected chi connectivity index (χ1v) is 6.38. The van der Waals surface area contributed by atoms with Gasteiger partial charge < -0.3 is 16.0 Å². The van der Waals surface area contributed by atoms with E-state index in [0.717, 1.165) is 22.2 Å². The fourth-order valence-corrected chi connectivity index (χ4v) is 2.22. The van der Waals surface area contributed by atoms with Crippen LogP contribution in [-0.4, -0.2) is 10.9 Å². The van der Waals surface area contributed by atoms with Gasteiger partial charge in [-0.1, -0.05) is 6.07 Å². The number of hydrogen-bond donors (Lipinski definition) is 3. The van der Waals surface area contributed by atoms with E-state index in [1.54, 1.807) is 24.3 Å². The van der Waals surface area contributed by atoms with E-state index in [-0.39, 0.29) is 5.91 Å². The lowest BCUT2D eigenvalue weighted by molar-refractivity contribution is 0.102. The van der Waals surface area contributed by atoms with Gasteiger partial charge in [0.25, 0.3) is 5.91 Å². The molecule has 1 heterocycles. The maximum Gasteiger partial charge on any atom is 0.255 e. The maximum absolute atomic E-state index is 12.2. The Kier molecular flexibility index (Phi) is 2.91. The van der Waals surface area contributed by atoms with Crippen LogP contribution in [0.5, 0.6) is 0 Å². The van der Waals surface area contributed by atoms with Crippen molar-refractivity contribution in [2.45, 2.75) is 6.92 Å². The first kappa shape index (κ1) is 12.3. The lowest BCUT2D eigenvalue weighted by atomic mass is 10.1. The summed E-state index contributed by atoms with van der Waals surface area (Å²) in [4.78, 5) is 15.3. The van der Waals surface area contributed by atoms with E-state index in [1.165, 1.54) is 0 Å². The molecule has 100 valence electrons. The Labute approximate surface area is 116 Å². The first-order chi connectivity index (χ1) is 9.63. The quantitative estimate of drug-likeness (QED) is 0.622. The van der Waals surface area contributed by atoms with Crippen molar-refractivity contribution in [3.63, 3.8) is 0 Å². The molecular formula is C16H15N3O. The van der Waals surface area contributed by atoms with E-state index in [0.29, 0.717) is 11.3 Å². The number of benzene rings is 2. The van der Waals surface area contributed by atoms with E-state index in [2.05, 4.69) is 10.3 Å². The van der Waals surface area contributed by atoms with Gasteiger partial charge in [-0.3, -0.25) is 4.79 Å². The second-order valence-electron chi connectivity index (χ2n) is 4.81. The van der Waals surface area contributed by atoms with Crippen molar-refractivity contribution in [2.24, 2.45) is 0 Å². The highest BCUT2D eigenvalue weighted by molar-refractivity contribution is 6.05. The van der Waals surface area contributed by atoms with Crippen molar-refractivity contribution in [3.8, 4) is 0 Å². The number of hydrogen-bond acceptors (Lipinski definition) is 2. The van der Waals surface area contributed by atoms with Gasteiger partial charge in [-0.05, 0) is 48.9 Å². The van der Waals surface area contributed by atoms with E-state index < -0.39 is 0 Å². The van der Waals surface area contributed by atoms with E-state index in [4.69, 9.17) is 5.73 Å². The minimum Gasteiger partial charge on any atom is -0.399 e. The molecule has 4 heteroatoms. The number of amides is 1. The molecule has 0 radical (unpaired) electrons. The van der Waals surface area contributed by atoms with Crippen molar-refractivity contribution >= 4 is 28.2 Å². The summed E-state index contributed by atoms with van der Waals surface area (Å²) in [5, 5.41) is 3.99.